The van der Waals surface area contributed by atoms with Crippen molar-refractivity contribution < 1.29 is 14.8 Å². The van der Waals surface area contributed by atoms with Gasteiger partial charge in [-0.15, -0.1) is 0 Å². The largest absolute Gasteiger partial charge is 0.504 e. The van der Waals surface area contributed by atoms with E-state index < -0.39 is 4.92 Å². The molecule has 0 fully saturated rings. The highest BCUT2D eigenvalue weighted by Gasteiger charge is 2.17. The molecule has 6 nitrogen and oxygen atoms in total. The summed E-state index contributed by atoms with van der Waals surface area (Å²) in [6.45, 7) is 3.32. The third kappa shape index (κ3) is 3.07. The van der Waals surface area contributed by atoms with Crippen LogP contribution in [0.25, 0.3) is 0 Å². The molecule has 0 unspecified atom stereocenters. The van der Waals surface area contributed by atoms with Crippen molar-refractivity contribution in [3.63, 3.8) is 0 Å². The van der Waals surface area contributed by atoms with Crippen molar-refractivity contribution in [3.05, 3.63) is 27.3 Å². The summed E-state index contributed by atoms with van der Waals surface area (Å²) in [5, 5.41) is 22.3. The number of carbonyl (C=O) groups is 1. The van der Waals surface area contributed by atoms with Crippen LogP contribution >= 0.6 is 11.6 Å². The average molecular weight is 259 g/mol. The molecule has 0 saturated heterocycles. The second kappa shape index (κ2) is 5.01. The number of hydrogen-bond donors (Lipinski definition) is 2. The Bertz CT molecular complexity index is 474. The van der Waals surface area contributed by atoms with E-state index in [0.717, 1.165) is 12.1 Å². The summed E-state index contributed by atoms with van der Waals surface area (Å²) >= 11 is 5.62. The third-order valence-electron chi connectivity index (χ3n) is 2.04. The fraction of sp³-hybridized carbons (Fsp3) is 0.300. The van der Waals surface area contributed by atoms with E-state index in [1.165, 1.54) is 0 Å². The number of aromatic hydroxyl groups is 1. The maximum Gasteiger partial charge on any atom is 0.273 e. The van der Waals surface area contributed by atoms with Crippen LogP contribution in [-0.2, 0) is 4.79 Å². The predicted octanol–water partition coefficient (Wildman–Crippen LogP) is 2.55. The Hall–Kier alpha value is -1.82. The zero-order valence-electron chi connectivity index (χ0n) is 9.23. The molecule has 92 valence electrons. The van der Waals surface area contributed by atoms with E-state index in [-0.39, 0.29) is 34.0 Å². The minimum absolute atomic E-state index is 0.0668. The van der Waals surface area contributed by atoms with E-state index >= 15 is 0 Å². The normalized spacial score (nSPS) is 10.4. The lowest BCUT2D eigenvalue weighted by Gasteiger charge is -2.10. The predicted molar refractivity (Wildman–Crippen MR) is 63.2 cm³/mol. The molecule has 1 rings (SSSR count). The summed E-state index contributed by atoms with van der Waals surface area (Å²) in [6, 6.07) is 2.07. The van der Waals surface area contributed by atoms with Crippen LogP contribution in [0.2, 0.25) is 5.02 Å². The van der Waals surface area contributed by atoms with Gasteiger partial charge in [0, 0.05) is 18.1 Å². The van der Waals surface area contributed by atoms with Crippen molar-refractivity contribution in [2.45, 2.75) is 13.8 Å². The molecule has 1 aromatic rings. The molecule has 0 heterocycles. The minimum Gasteiger partial charge on any atom is -0.504 e. The van der Waals surface area contributed by atoms with Gasteiger partial charge in [-0.1, -0.05) is 25.4 Å². The Labute approximate surface area is 102 Å². The Balaban J connectivity index is 3.14. The van der Waals surface area contributed by atoms with Crippen LogP contribution in [0, 0.1) is 16.0 Å². The molecule has 1 amide bonds. The van der Waals surface area contributed by atoms with E-state index in [1.807, 2.05) is 0 Å². The first-order valence-electron chi connectivity index (χ1n) is 4.80. The molecule has 2 N–H and O–H groups in total. The number of carbonyl (C=O) groups excluding carboxylic acids is 1. The number of nitro benzene ring substituents is 1. The number of benzene rings is 1. The number of amides is 1. The quantitative estimate of drug-likeness (QED) is 0.495. The van der Waals surface area contributed by atoms with Crippen molar-refractivity contribution in [2.75, 3.05) is 5.32 Å². The number of rotatable bonds is 3. The average Bonchev–Trinajstić information content (AvgIpc) is 2.23. The molecule has 1 aromatic carbocycles. The van der Waals surface area contributed by atoms with Gasteiger partial charge in [0.25, 0.3) is 5.69 Å². The molecule has 0 aromatic heterocycles. The summed E-state index contributed by atoms with van der Waals surface area (Å²) in [4.78, 5) is 21.4. The Morgan fingerprint density at radius 1 is 1.53 bits per heavy atom. The fourth-order valence-corrected chi connectivity index (χ4v) is 1.28. The van der Waals surface area contributed by atoms with Crippen LogP contribution in [0.1, 0.15) is 13.8 Å². The van der Waals surface area contributed by atoms with Gasteiger partial charge in [-0.25, -0.2) is 0 Å². The lowest BCUT2D eigenvalue weighted by molar-refractivity contribution is -0.384. The van der Waals surface area contributed by atoms with Crippen LogP contribution in [-0.4, -0.2) is 15.9 Å². The van der Waals surface area contributed by atoms with Crippen molar-refractivity contribution in [3.8, 4) is 5.75 Å². The van der Waals surface area contributed by atoms with Gasteiger partial charge in [0.05, 0.1) is 15.6 Å². The summed E-state index contributed by atoms with van der Waals surface area (Å²) in [5.74, 6) is -1.06. The molecule has 17 heavy (non-hydrogen) atoms. The second-order valence-electron chi connectivity index (χ2n) is 3.72. The first kappa shape index (κ1) is 13.2. The summed E-state index contributed by atoms with van der Waals surface area (Å²) < 4.78 is 0. The van der Waals surface area contributed by atoms with E-state index in [1.54, 1.807) is 13.8 Å². The molecular weight excluding hydrogens is 248 g/mol. The molecular formula is C10H11ClN2O4. The highest BCUT2D eigenvalue weighted by molar-refractivity contribution is 6.32. The summed E-state index contributed by atoms with van der Waals surface area (Å²) in [5.41, 5.74) is -0.366. The first-order valence-corrected chi connectivity index (χ1v) is 5.18. The number of phenols is 1. The molecule has 0 saturated carbocycles. The van der Waals surface area contributed by atoms with E-state index in [4.69, 9.17) is 11.6 Å². The lowest BCUT2D eigenvalue weighted by atomic mass is 10.2. The van der Waals surface area contributed by atoms with Crippen LogP contribution in [0.15, 0.2) is 12.1 Å². The van der Waals surface area contributed by atoms with Crippen molar-refractivity contribution in [2.24, 2.45) is 5.92 Å². The topological polar surface area (TPSA) is 92.5 Å². The third-order valence-corrected chi connectivity index (χ3v) is 2.33. The smallest absolute Gasteiger partial charge is 0.273 e. The van der Waals surface area contributed by atoms with Gasteiger partial charge in [0.2, 0.25) is 5.91 Å². The van der Waals surface area contributed by atoms with Crippen molar-refractivity contribution >= 4 is 28.9 Å². The molecule has 0 aliphatic heterocycles. The van der Waals surface area contributed by atoms with Gasteiger partial charge in [-0.05, 0) is 0 Å². The van der Waals surface area contributed by atoms with Gasteiger partial charge < -0.3 is 10.4 Å². The van der Waals surface area contributed by atoms with Gasteiger partial charge >= 0.3 is 0 Å². The van der Waals surface area contributed by atoms with E-state index in [2.05, 4.69) is 5.32 Å². The van der Waals surface area contributed by atoms with Gasteiger partial charge in [0.15, 0.2) is 5.75 Å². The number of anilines is 1. The van der Waals surface area contributed by atoms with Crippen LogP contribution in [0.3, 0.4) is 0 Å². The maximum absolute atomic E-state index is 11.4. The number of nitrogens with one attached hydrogen (secondary N) is 1. The van der Waals surface area contributed by atoms with Crippen molar-refractivity contribution in [1.29, 1.82) is 0 Å². The number of nitrogens with zero attached hydrogens (tertiary/aromatic N) is 1. The summed E-state index contributed by atoms with van der Waals surface area (Å²) in [6.07, 6.45) is 0. The standard InChI is InChI=1S/C10H11ClN2O4/c1-5(2)10(15)12-8-4-6(13(16)17)3-7(11)9(8)14/h3-5,14H,1-2H3,(H,12,15). The maximum atomic E-state index is 11.4. The van der Waals surface area contributed by atoms with E-state index in [0.29, 0.717) is 0 Å². The van der Waals surface area contributed by atoms with Crippen molar-refractivity contribution in [1.82, 2.24) is 0 Å². The number of non-ortho nitro benzene ring substituents is 1. The Morgan fingerprint density at radius 2 is 2.12 bits per heavy atom. The van der Waals surface area contributed by atoms with Crippen LogP contribution in [0.5, 0.6) is 5.75 Å². The molecule has 0 aliphatic carbocycles. The van der Waals surface area contributed by atoms with Crippen LogP contribution in [0.4, 0.5) is 11.4 Å². The van der Waals surface area contributed by atoms with Crippen LogP contribution < -0.4 is 5.32 Å². The zero-order chi connectivity index (χ0) is 13.2. The Kier molecular flexibility index (Phi) is 3.90. The van der Waals surface area contributed by atoms with Gasteiger partial charge in [-0.3, -0.25) is 14.9 Å². The van der Waals surface area contributed by atoms with E-state index in [9.17, 15) is 20.0 Å². The molecule has 7 heteroatoms. The number of hydrogen-bond acceptors (Lipinski definition) is 4. The van der Waals surface area contributed by atoms with Gasteiger partial charge in [0.1, 0.15) is 0 Å². The van der Waals surface area contributed by atoms with Gasteiger partial charge in [-0.2, -0.15) is 0 Å². The monoisotopic (exact) mass is 258 g/mol. The SMILES string of the molecule is CC(C)C(=O)Nc1cc([N+](=O)[O-])cc(Cl)c1O. The summed E-state index contributed by atoms with van der Waals surface area (Å²) in [7, 11) is 0. The minimum atomic E-state index is -0.656. The highest BCUT2D eigenvalue weighted by atomic mass is 35.5. The molecule has 0 radical (unpaired) electrons. The highest BCUT2D eigenvalue weighted by Crippen LogP contribution is 2.36. The molecule has 0 spiro atoms. The molecule has 0 aliphatic rings. The Morgan fingerprint density at radius 3 is 2.59 bits per heavy atom. The first-order chi connectivity index (χ1) is 7.82. The number of nitro groups is 1. The zero-order valence-corrected chi connectivity index (χ0v) is 9.99. The molecule has 0 bridgehead atoms. The fourth-order valence-electron chi connectivity index (χ4n) is 1.06. The molecule has 0 atom stereocenters. The second-order valence-corrected chi connectivity index (χ2v) is 4.13. The number of phenolic OH excluding ortho intramolecular Hbond substituents is 1. The number of halogens is 1. The lowest BCUT2D eigenvalue weighted by Crippen LogP contribution is -2.17.